The lowest BCUT2D eigenvalue weighted by Gasteiger charge is -2.15. The molecule has 0 saturated heterocycles. The summed E-state index contributed by atoms with van der Waals surface area (Å²) in [6.07, 6.45) is 0. The van der Waals surface area contributed by atoms with Crippen molar-refractivity contribution in [1.82, 2.24) is 0 Å². The van der Waals surface area contributed by atoms with Crippen LogP contribution in [0.4, 0.5) is 5.69 Å². The molecule has 2 N–H and O–H groups in total. The zero-order valence-electron chi connectivity index (χ0n) is 7.02. The standard InChI is InChI=1S/C9H6N2O3/c12-8-7(11-14)5-3-1-2-4-6(5)10-9(8)13/h1-4,14H,(H,10,13). The molecule has 1 amide bonds. The van der Waals surface area contributed by atoms with Crippen LogP contribution in [0.15, 0.2) is 29.4 Å². The number of nitrogens with one attached hydrogen (secondary N) is 1. The topological polar surface area (TPSA) is 78.8 Å². The summed E-state index contributed by atoms with van der Waals surface area (Å²) in [5.74, 6) is -1.61. The molecule has 5 nitrogen and oxygen atoms in total. The van der Waals surface area contributed by atoms with E-state index in [1.54, 1.807) is 24.3 Å². The smallest absolute Gasteiger partial charge is 0.298 e. The molecule has 0 aliphatic carbocycles. The first-order valence-electron chi connectivity index (χ1n) is 3.91. The van der Waals surface area contributed by atoms with Crippen LogP contribution in [-0.4, -0.2) is 22.6 Å². The lowest BCUT2D eigenvalue weighted by molar-refractivity contribution is -0.131. The number of rotatable bonds is 0. The molecule has 1 aliphatic rings. The Morgan fingerprint density at radius 3 is 2.64 bits per heavy atom. The third-order valence-corrected chi connectivity index (χ3v) is 1.95. The normalized spacial score (nSPS) is 17.9. The minimum atomic E-state index is -0.828. The molecule has 14 heavy (non-hydrogen) atoms. The summed E-state index contributed by atoms with van der Waals surface area (Å²) < 4.78 is 0. The number of anilines is 1. The van der Waals surface area contributed by atoms with E-state index in [4.69, 9.17) is 5.21 Å². The van der Waals surface area contributed by atoms with Gasteiger partial charge < -0.3 is 10.5 Å². The third-order valence-electron chi connectivity index (χ3n) is 1.95. The highest BCUT2D eigenvalue weighted by Crippen LogP contribution is 2.20. The van der Waals surface area contributed by atoms with E-state index in [0.717, 1.165) is 0 Å². The summed E-state index contributed by atoms with van der Waals surface area (Å²) in [5, 5.41) is 13.8. The van der Waals surface area contributed by atoms with Crippen molar-refractivity contribution in [1.29, 1.82) is 0 Å². The molecule has 1 aliphatic heterocycles. The number of hydrogen-bond donors (Lipinski definition) is 2. The van der Waals surface area contributed by atoms with Gasteiger partial charge in [0.15, 0.2) is 5.71 Å². The lowest BCUT2D eigenvalue weighted by Crippen LogP contribution is -2.35. The highest BCUT2D eigenvalue weighted by molar-refractivity contribution is 6.72. The van der Waals surface area contributed by atoms with E-state index in [1.807, 2.05) is 0 Å². The average Bonchev–Trinajstić information content (AvgIpc) is 2.20. The third kappa shape index (κ3) is 1.06. The van der Waals surface area contributed by atoms with Gasteiger partial charge in [0.2, 0.25) is 0 Å². The number of amides is 1. The average molecular weight is 190 g/mol. The minimum Gasteiger partial charge on any atom is -0.410 e. The van der Waals surface area contributed by atoms with Crippen molar-refractivity contribution in [2.75, 3.05) is 5.32 Å². The first kappa shape index (κ1) is 8.43. The summed E-state index contributed by atoms with van der Waals surface area (Å²) in [6.45, 7) is 0. The number of benzene rings is 1. The van der Waals surface area contributed by atoms with Crippen molar-refractivity contribution in [2.45, 2.75) is 0 Å². The highest BCUT2D eigenvalue weighted by Gasteiger charge is 2.30. The molecule has 0 aromatic heterocycles. The van der Waals surface area contributed by atoms with E-state index in [2.05, 4.69) is 10.5 Å². The summed E-state index contributed by atoms with van der Waals surface area (Å²) in [4.78, 5) is 22.3. The van der Waals surface area contributed by atoms with Crippen molar-refractivity contribution >= 4 is 23.1 Å². The largest absolute Gasteiger partial charge is 0.410 e. The fraction of sp³-hybridized carbons (Fsp3) is 0. The van der Waals surface area contributed by atoms with E-state index in [1.165, 1.54) is 0 Å². The monoisotopic (exact) mass is 190 g/mol. The number of nitrogens with zero attached hydrogens (tertiary/aromatic N) is 1. The maximum absolute atomic E-state index is 11.2. The molecule has 1 heterocycles. The maximum Gasteiger partial charge on any atom is 0.298 e. The number of fused-ring (bicyclic) bond motifs is 1. The first-order valence-corrected chi connectivity index (χ1v) is 3.91. The van der Waals surface area contributed by atoms with Gasteiger partial charge in [0, 0.05) is 5.56 Å². The van der Waals surface area contributed by atoms with Crippen LogP contribution < -0.4 is 5.32 Å². The van der Waals surface area contributed by atoms with Gasteiger partial charge in [0.25, 0.3) is 11.7 Å². The SMILES string of the molecule is O=C1Nc2ccccc2C(=NO)C1=O. The van der Waals surface area contributed by atoms with Gasteiger partial charge in [-0.05, 0) is 6.07 Å². The van der Waals surface area contributed by atoms with Gasteiger partial charge in [0.1, 0.15) is 0 Å². The molecule has 0 bridgehead atoms. The Morgan fingerprint density at radius 1 is 1.21 bits per heavy atom. The van der Waals surface area contributed by atoms with Crippen molar-refractivity contribution < 1.29 is 14.8 Å². The van der Waals surface area contributed by atoms with Gasteiger partial charge >= 0.3 is 0 Å². The quantitative estimate of drug-likeness (QED) is 0.352. The number of carbonyl (C=O) groups excluding carboxylic acids is 2. The van der Waals surface area contributed by atoms with Crippen LogP contribution in [0.2, 0.25) is 0 Å². The van der Waals surface area contributed by atoms with Gasteiger partial charge in [-0.25, -0.2) is 0 Å². The second-order valence-corrected chi connectivity index (χ2v) is 2.78. The van der Waals surface area contributed by atoms with Gasteiger partial charge in [-0.2, -0.15) is 0 Å². The summed E-state index contributed by atoms with van der Waals surface area (Å²) >= 11 is 0. The van der Waals surface area contributed by atoms with Crippen molar-refractivity contribution in [3.8, 4) is 0 Å². The Morgan fingerprint density at radius 2 is 1.93 bits per heavy atom. The molecule has 0 spiro atoms. The molecule has 2 rings (SSSR count). The summed E-state index contributed by atoms with van der Waals surface area (Å²) in [6, 6.07) is 6.63. The predicted octanol–water partition coefficient (Wildman–Crippen LogP) is 0.386. The van der Waals surface area contributed by atoms with Crippen LogP contribution in [0, 0.1) is 0 Å². The summed E-state index contributed by atoms with van der Waals surface area (Å²) in [7, 11) is 0. The van der Waals surface area contributed by atoms with Gasteiger partial charge in [-0.1, -0.05) is 23.4 Å². The van der Waals surface area contributed by atoms with Crippen LogP contribution in [0.3, 0.4) is 0 Å². The number of ketones is 1. The number of oxime groups is 1. The van der Waals surface area contributed by atoms with Gasteiger partial charge in [-0.15, -0.1) is 0 Å². The number of hydrogen-bond acceptors (Lipinski definition) is 4. The fourth-order valence-corrected chi connectivity index (χ4v) is 1.31. The number of para-hydroxylation sites is 1. The number of Topliss-reactive ketones (excluding diaryl/α,β-unsaturated/α-hetero) is 1. The van der Waals surface area contributed by atoms with Crippen LogP contribution >= 0.6 is 0 Å². The Labute approximate surface area is 79.0 Å². The molecule has 0 saturated carbocycles. The molecule has 0 unspecified atom stereocenters. The molecule has 1 aromatic carbocycles. The van der Waals surface area contributed by atoms with Gasteiger partial charge in [-0.3, -0.25) is 9.59 Å². The Hall–Kier alpha value is -2.17. The Kier molecular flexibility index (Phi) is 1.78. The molecule has 0 radical (unpaired) electrons. The lowest BCUT2D eigenvalue weighted by atomic mass is 10.00. The van der Waals surface area contributed by atoms with Crippen molar-refractivity contribution in [3.63, 3.8) is 0 Å². The fourth-order valence-electron chi connectivity index (χ4n) is 1.31. The van der Waals surface area contributed by atoms with Crippen molar-refractivity contribution in [3.05, 3.63) is 29.8 Å². The second kappa shape index (κ2) is 2.95. The molecule has 70 valence electrons. The molecular formula is C9H6N2O3. The van der Waals surface area contributed by atoms with Crippen LogP contribution in [0.1, 0.15) is 5.56 Å². The molecule has 1 aromatic rings. The molecular weight excluding hydrogens is 184 g/mol. The number of carbonyl (C=O) groups is 2. The summed E-state index contributed by atoms with van der Waals surface area (Å²) in [5.41, 5.74) is 0.689. The molecule has 0 fully saturated rings. The van der Waals surface area contributed by atoms with E-state index in [-0.39, 0.29) is 5.71 Å². The van der Waals surface area contributed by atoms with E-state index in [9.17, 15) is 9.59 Å². The van der Waals surface area contributed by atoms with E-state index in [0.29, 0.717) is 11.3 Å². The zero-order valence-corrected chi connectivity index (χ0v) is 7.02. The molecule has 0 atom stereocenters. The van der Waals surface area contributed by atoms with Gasteiger partial charge in [0.05, 0.1) is 5.69 Å². The highest BCUT2D eigenvalue weighted by atomic mass is 16.4. The van der Waals surface area contributed by atoms with Crippen LogP contribution in [0.5, 0.6) is 0 Å². The second-order valence-electron chi connectivity index (χ2n) is 2.78. The van der Waals surface area contributed by atoms with Crippen LogP contribution in [-0.2, 0) is 9.59 Å². The van der Waals surface area contributed by atoms with E-state index < -0.39 is 11.7 Å². The first-order chi connectivity index (χ1) is 6.74. The predicted molar refractivity (Wildman–Crippen MR) is 48.4 cm³/mol. The minimum absolute atomic E-state index is 0.218. The Bertz CT molecular complexity index is 451. The maximum atomic E-state index is 11.2. The zero-order chi connectivity index (χ0) is 10.1. The molecule has 5 heteroatoms. The van der Waals surface area contributed by atoms with E-state index >= 15 is 0 Å². The van der Waals surface area contributed by atoms with Crippen LogP contribution in [0.25, 0.3) is 0 Å². The van der Waals surface area contributed by atoms with Crippen molar-refractivity contribution in [2.24, 2.45) is 5.16 Å². The Balaban J connectivity index is 2.65.